The molecule has 1 saturated heterocycles. The molecule has 1 aromatic rings. The number of esters is 1. The first-order valence-corrected chi connectivity index (χ1v) is 8.23. The molecular formula is C17H21ClN2O4. The number of benzene rings is 1. The van der Waals surface area contributed by atoms with Gasteiger partial charge in [0.05, 0.1) is 6.61 Å². The molecule has 0 saturated carbocycles. The lowest BCUT2D eigenvalue weighted by molar-refractivity contribution is -0.146. The van der Waals surface area contributed by atoms with Crippen LogP contribution in [0.25, 0.3) is 0 Å². The van der Waals surface area contributed by atoms with Crippen molar-refractivity contribution in [1.29, 1.82) is 0 Å². The predicted molar refractivity (Wildman–Crippen MR) is 89.3 cm³/mol. The monoisotopic (exact) mass is 352 g/mol. The van der Waals surface area contributed by atoms with Gasteiger partial charge in [0.1, 0.15) is 12.1 Å². The molecule has 1 fully saturated rings. The van der Waals surface area contributed by atoms with Crippen LogP contribution in [-0.2, 0) is 25.7 Å². The summed E-state index contributed by atoms with van der Waals surface area (Å²) in [5, 5.41) is 3.14. The Balaban J connectivity index is 2.09. The maximum absolute atomic E-state index is 12.6. The van der Waals surface area contributed by atoms with Crippen molar-refractivity contribution in [2.75, 3.05) is 13.2 Å². The minimum Gasteiger partial charge on any atom is -0.465 e. The summed E-state index contributed by atoms with van der Waals surface area (Å²) < 4.78 is 4.80. The molecule has 130 valence electrons. The van der Waals surface area contributed by atoms with Crippen LogP contribution in [0.1, 0.15) is 32.3 Å². The number of hydrogen-bond donors (Lipinski definition) is 1. The van der Waals surface area contributed by atoms with Crippen molar-refractivity contribution in [2.45, 2.75) is 38.8 Å². The number of amides is 2. The SMILES string of the molecule is CCOC(=O)CNC(=O)C1(C)CCC(=O)N1Cc1cccc(Cl)c1. The zero-order chi connectivity index (χ0) is 17.7. The van der Waals surface area contributed by atoms with Crippen molar-refractivity contribution < 1.29 is 19.1 Å². The van der Waals surface area contributed by atoms with E-state index in [1.807, 2.05) is 6.07 Å². The highest BCUT2D eigenvalue weighted by molar-refractivity contribution is 6.30. The van der Waals surface area contributed by atoms with Crippen molar-refractivity contribution in [1.82, 2.24) is 10.2 Å². The fourth-order valence-corrected chi connectivity index (χ4v) is 2.98. The van der Waals surface area contributed by atoms with Gasteiger partial charge in [0.25, 0.3) is 0 Å². The Morgan fingerprint density at radius 1 is 1.42 bits per heavy atom. The number of halogens is 1. The molecule has 1 atom stereocenters. The molecule has 1 aromatic carbocycles. The van der Waals surface area contributed by atoms with E-state index in [0.717, 1.165) is 5.56 Å². The quantitative estimate of drug-likeness (QED) is 0.793. The zero-order valence-electron chi connectivity index (χ0n) is 13.8. The Bertz CT molecular complexity index is 649. The first-order chi connectivity index (χ1) is 11.4. The molecule has 0 aromatic heterocycles. The van der Waals surface area contributed by atoms with Gasteiger partial charge < -0.3 is 15.0 Å². The van der Waals surface area contributed by atoms with E-state index >= 15 is 0 Å². The normalized spacial score (nSPS) is 20.1. The van der Waals surface area contributed by atoms with Crippen LogP contribution in [0, 0.1) is 0 Å². The van der Waals surface area contributed by atoms with Crippen molar-refractivity contribution in [3.05, 3.63) is 34.9 Å². The molecule has 1 heterocycles. The maximum Gasteiger partial charge on any atom is 0.325 e. The van der Waals surface area contributed by atoms with E-state index in [1.165, 1.54) is 0 Å². The van der Waals surface area contributed by atoms with Crippen LogP contribution < -0.4 is 5.32 Å². The minimum absolute atomic E-state index is 0.0937. The van der Waals surface area contributed by atoms with E-state index < -0.39 is 11.5 Å². The Kier molecular flexibility index (Phi) is 5.83. The first-order valence-electron chi connectivity index (χ1n) is 7.85. The topological polar surface area (TPSA) is 75.7 Å². The number of nitrogens with one attached hydrogen (secondary N) is 1. The molecule has 6 nitrogen and oxygen atoms in total. The van der Waals surface area contributed by atoms with Crippen LogP contribution in [-0.4, -0.2) is 41.4 Å². The Morgan fingerprint density at radius 2 is 2.17 bits per heavy atom. The lowest BCUT2D eigenvalue weighted by atomic mass is 9.97. The fraction of sp³-hybridized carbons (Fsp3) is 0.471. The Morgan fingerprint density at radius 3 is 2.83 bits per heavy atom. The molecule has 1 aliphatic rings. The number of carbonyl (C=O) groups excluding carboxylic acids is 3. The average Bonchev–Trinajstić information content (AvgIpc) is 2.82. The summed E-state index contributed by atoms with van der Waals surface area (Å²) in [6.45, 7) is 3.75. The first kappa shape index (κ1) is 18.3. The number of ether oxygens (including phenoxy) is 1. The van der Waals surface area contributed by atoms with E-state index in [1.54, 1.807) is 36.9 Å². The highest BCUT2D eigenvalue weighted by Crippen LogP contribution is 2.32. The van der Waals surface area contributed by atoms with Gasteiger partial charge in [0, 0.05) is 18.0 Å². The lowest BCUT2D eigenvalue weighted by Gasteiger charge is -2.34. The van der Waals surface area contributed by atoms with Crippen molar-refractivity contribution in [3.8, 4) is 0 Å². The number of rotatable bonds is 6. The van der Waals surface area contributed by atoms with Crippen molar-refractivity contribution in [2.24, 2.45) is 0 Å². The summed E-state index contributed by atoms with van der Waals surface area (Å²) in [6.07, 6.45) is 0.699. The van der Waals surface area contributed by atoms with E-state index in [4.69, 9.17) is 16.3 Å². The van der Waals surface area contributed by atoms with Crippen LogP contribution in [0.15, 0.2) is 24.3 Å². The second-order valence-corrected chi connectivity index (χ2v) is 6.31. The van der Waals surface area contributed by atoms with E-state index in [2.05, 4.69) is 5.32 Å². The lowest BCUT2D eigenvalue weighted by Crippen LogP contribution is -2.54. The van der Waals surface area contributed by atoms with Gasteiger partial charge in [-0.05, 0) is 38.0 Å². The van der Waals surface area contributed by atoms with Gasteiger partial charge in [-0.15, -0.1) is 0 Å². The van der Waals surface area contributed by atoms with Gasteiger partial charge >= 0.3 is 5.97 Å². The van der Waals surface area contributed by atoms with Gasteiger partial charge in [0.15, 0.2) is 0 Å². The molecular weight excluding hydrogens is 332 g/mol. The second kappa shape index (κ2) is 7.66. The molecule has 0 aliphatic carbocycles. The largest absolute Gasteiger partial charge is 0.465 e. The molecule has 24 heavy (non-hydrogen) atoms. The predicted octanol–water partition coefficient (Wildman–Crippen LogP) is 1.90. The summed E-state index contributed by atoms with van der Waals surface area (Å²) in [6, 6.07) is 7.18. The second-order valence-electron chi connectivity index (χ2n) is 5.87. The van der Waals surface area contributed by atoms with Crippen LogP contribution in [0.5, 0.6) is 0 Å². The number of likely N-dealkylation sites (tertiary alicyclic amines) is 1. The average molecular weight is 353 g/mol. The molecule has 0 radical (unpaired) electrons. The van der Waals surface area contributed by atoms with E-state index in [9.17, 15) is 14.4 Å². The third kappa shape index (κ3) is 4.06. The van der Waals surface area contributed by atoms with Gasteiger partial charge in [-0.3, -0.25) is 14.4 Å². The standard InChI is InChI=1S/C17H21ClN2O4/c1-3-24-15(22)10-19-16(23)17(2)8-7-14(21)20(17)11-12-5-4-6-13(18)9-12/h4-6,9H,3,7-8,10-11H2,1-2H3,(H,19,23). The maximum atomic E-state index is 12.6. The van der Waals surface area contributed by atoms with Crippen molar-refractivity contribution in [3.63, 3.8) is 0 Å². The van der Waals surface area contributed by atoms with Gasteiger partial charge in [-0.2, -0.15) is 0 Å². The highest BCUT2D eigenvalue weighted by atomic mass is 35.5. The van der Waals surface area contributed by atoms with Gasteiger partial charge in [-0.25, -0.2) is 0 Å². The Labute approximate surface area is 146 Å². The third-order valence-electron chi connectivity index (χ3n) is 4.14. The van der Waals surface area contributed by atoms with Crippen LogP contribution >= 0.6 is 11.6 Å². The summed E-state index contributed by atoms with van der Waals surface area (Å²) in [5.74, 6) is -0.952. The number of carbonyl (C=O) groups is 3. The minimum atomic E-state index is -0.994. The van der Waals surface area contributed by atoms with E-state index in [0.29, 0.717) is 24.4 Å². The van der Waals surface area contributed by atoms with Gasteiger partial charge in [0.2, 0.25) is 11.8 Å². The molecule has 1 N–H and O–H groups in total. The van der Waals surface area contributed by atoms with Crippen LogP contribution in [0.2, 0.25) is 5.02 Å². The molecule has 2 amide bonds. The molecule has 7 heteroatoms. The number of nitrogens with zero attached hydrogens (tertiary/aromatic N) is 1. The molecule has 0 spiro atoms. The van der Waals surface area contributed by atoms with Crippen LogP contribution in [0.4, 0.5) is 0 Å². The highest BCUT2D eigenvalue weighted by Gasteiger charge is 2.47. The van der Waals surface area contributed by atoms with Crippen LogP contribution in [0.3, 0.4) is 0 Å². The molecule has 1 aliphatic heterocycles. The number of hydrogen-bond acceptors (Lipinski definition) is 4. The molecule has 0 bridgehead atoms. The van der Waals surface area contributed by atoms with Gasteiger partial charge in [-0.1, -0.05) is 23.7 Å². The van der Waals surface area contributed by atoms with Crippen molar-refractivity contribution >= 4 is 29.4 Å². The summed E-state index contributed by atoms with van der Waals surface area (Å²) >= 11 is 5.98. The summed E-state index contributed by atoms with van der Waals surface area (Å²) in [5.41, 5.74) is -0.145. The fourth-order valence-electron chi connectivity index (χ4n) is 2.77. The molecule has 1 unspecified atom stereocenters. The summed E-state index contributed by atoms with van der Waals surface area (Å²) in [4.78, 5) is 37.7. The van der Waals surface area contributed by atoms with E-state index in [-0.39, 0.29) is 25.0 Å². The summed E-state index contributed by atoms with van der Waals surface area (Å²) in [7, 11) is 0. The Hall–Kier alpha value is -2.08. The zero-order valence-corrected chi connectivity index (χ0v) is 14.6. The molecule has 2 rings (SSSR count). The smallest absolute Gasteiger partial charge is 0.325 e. The third-order valence-corrected chi connectivity index (χ3v) is 4.38.